The van der Waals surface area contributed by atoms with E-state index in [9.17, 15) is 9.59 Å². The first-order valence-electron chi connectivity index (χ1n) is 8.01. The summed E-state index contributed by atoms with van der Waals surface area (Å²) in [5.74, 6) is 0.127. The zero-order valence-corrected chi connectivity index (χ0v) is 14.1. The van der Waals surface area contributed by atoms with Crippen molar-refractivity contribution in [3.05, 3.63) is 23.8 Å². The Balaban J connectivity index is 1.85. The predicted molar refractivity (Wildman–Crippen MR) is 88.6 cm³/mol. The molecule has 0 radical (unpaired) electrons. The number of hydrogen-bond acceptors (Lipinski definition) is 4. The number of carboxylic acid groups (broad SMARTS) is 1. The second-order valence-corrected chi connectivity index (χ2v) is 5.78. The van der Waals surface area contributed by atoms with Crippen LogP contribution in [0.15, 0.2) is 18.2 Å². The molecule has 1 saturated heterocycles. The third-order valence-electron chi connectivity index (χ3n) is 4.22. The van der Waals surface area contributed by atoms with Crippen molar-refractivity contribution in [1.29, 1.82) is 0 Å². The Morgan fingerprint density at radius 2 is 2.12 bits per heavy atom. The van der Waals surface area contributed by atoms with Crippen LogP contribution in [0.25, 0.3) is 0 Å². The number of carbonyl (C=O) groups is 2. The normalized spacial score (nSPS) is 17.2. The number of nitrogens with one attached hydrogen (secondary N) is 1. The Morgan fingerprint density at radius 3 is 2.79 bits per heavy atom. The van der Waals surface area contributed by atoms with Crippen LogP contribution in [0.3, 0.4) is 0 Å². The first-order chi connectivity index (χ1) is 11.5. The molecule has 0 spiro atoms. The van der Waals surface area contributed by atoms with Crippen LogP contribution in [0.2, 0.25) is 0 Å². The third kappa shape index (κ3) is 4.53. The quantitative estimate of drug-likeness (QED) is 0.826. The molecule has 1 unspecified atom stereocenters. The number of nitrogens with zero attached hydrogens (tertiary/aromatic N) is 1. The van der Waals surface area contributed by atoms with Crippen molar-refractivity contribution in [2.45, 2.75) is 19.3 Å². The van der Waals surface area contributed by atoms with Gasteiger partial charge in [0.2, 0.25) is 0 Å². The fraction of sp³-hybridized carbons (Fsp3) is 0.529. The predicted octanol–water partition coefficient (Wildman–Crippen LogP) is 1.75. The number of amides is 2. The molecule has 24 heavy (non-hydrogen) atoms. The van der Waals surface area contributed by atoms with E-state index in [1.54, 1.807) is 25.2 Å². The maximum absolute atomic E-state index is 12.2. The Morgan fingerprint density at radius 1 is 1.33 bits per heavy atom. The number of carbonyl (C=O) groups excluding carboxylic acids is 1. The molecule has 1 heterocycles. The number of methoxy groups -OCH3 is 2. The SMILES string of the molecule is COc1ccc(CCNC(=O)N2CCCC(C(=O)O)C2)c(OC)c1. The van der Waals surface area contributed by atoms with Gasteiger partial charge in [0.1, 0.15) is 11.5 Å². The number of benzene rings is 1. The number of piperidine rings is 1. The number of carboxylic acids is 1. The number of urea groups is 1. The Bertz CT molecular complexity index is 590. The average molecular weight is 336 g/mol. The number of ether oxygens (including phenoxy) is 2. The van der Waals surface area contributed by atoms with Crippen LogP contribution < -0.4 is 14.8 Å². The van der Waals surface area contributed by atoms with Crippen LogP contribution in [0.5, 0.6) is 11.5 Å². The molecule has 0 bridgehead atoms. The lowest BCUT2D eigenvalue weighted by Gasteiger charge is -2.30. The number of rotatable bonds is 6. The van der Waals surface area contributed by atoms with Gasteiger partial charge in [-0.3, -0.25) is 4.79 Å². The highest BCUT2D eigenvalue weighted by Crippen LogP contribution is 2.24. The molecule has 1 aromatic carbocycles. The molecule has 1 aromatic rings. The fourth-order valence-electron chi connectivity index (χ4n) is 2.84. The van der Waals surface area contributed by atoms with Gasteiger partial charge >= 0.3 is 12.0 Å². The molecule has 2 N–H and O–H groups in total. The van der Waals surface area contributed by atoms with E-state index in [1.165, 1.54) is 0 Å². The third-order valence-corrected chi connectivity index (χ3v) is 4.22. The fourth-order valence-corrected chi connectivity index (χ4v) is 2.84. The Kier molecular flexibility index (Phi) is 6.28. The molecule has 7 nitrogen and oxygen atoms in total. The molecule has 1 aliphatic rings. The van der Waals surface area contributed by atoms with Gasteiger partial charge in [0.15, 0.2) is 0 Å². The lowest BCUT2D eigenvalue weighted by Crippen LogP contribution is -2.47. The van der Waals surface area contributed by atoms with Crippen molar-refractivity contribution in [2.75, 3.05) is 33.9 Å². The largest absolute Gasteiger partial charge is 0.497 e. The Labute approximate surface area is 141 Å². The topological polar surface area (TPSA) is 88.1 Å². The van der Waals surface area contributed by atoms with E-state index in [2.05, 4.69) is 5.32 Å². The maximum atomic E-state index is 12.2. The van der Waals surface area contributed by atoms with Crippen LogP contribution in [0.1, 0.15) is 18.4 Å². The first-order valence-corrected chi connectivity index (χ1v) is 8.01. The second-order valence-electron chi connectivity index (χ2n) is 5.78. The van der Waals surface area contributed by atoms with Gasteiger partial charge in [0.05, 0.1) is 20.1 Å². The molecule has 1 atom stereocenters. The second kappa shape index (κ2) is 8.42. The summed E-state index contributed by atoms with van der Waals surface area (Å²) in [5, 5.41) is 11.9. The van der Waals surface area contributed by atoms with Gasteiger partial charge in [0, 0.05) is 25.7 Å². The summed E-state index contributed by atoms with van der Waals surface area (Å²) in [7, 11) is 3.19. The van der Waals surface area contributed by atoms with E-state index in [1.807, 2.05) is 12.1 Å². The highest BCUT2D eigenvalue weighted by atomic mass is 16.5. The van der Waals surface area contributed by atoms with Crippen molar-refractivity contribution in [3.8, 4) is 11.5 Å². The van der Waals surface area contributed by atoms with Crippen molar-refractivity contribution < 1.29 is 24.2 Å². The summed E-state index contributed by atoms with van der Waals surface area (Å²) in [5.41, 5.74) is 0.973. The van der Waals surface area contributed by atoms with E-state index in [0.29, 0.717) is 37.4 Å². The van der Waals surface area contributed by atoms with Crippen LogP contribution in [-0.4, -0.2) is 55.9 Å². The minimum absolute atomic E-state index is 0.214. The summed E-state index contributed by atoms with van der Waals surface area (Å²) in [6.45, 7) is 1.32. The van der Waals surface area contributed by atoms with Crippen LogP contribution >= 0.6 is 0 Å². The molecule has 0 aliphatic carbocycles. The van der Waals surface area contributed by atoms with E-state index >= 15 is 0 Å². The smallest absolute Gasteiger partial charge is 0.317 e. The average Bonchev–Trinajstić information content (AvgIpc) is 2.61. The molecule has 1 aliphatic heterocycles. The highest BCUT2D eigenvalue weighted by molar-refractivity contribution is 5.76. The van der Waals surface area contributed by atoms with Crippen molar-refractivity contribution in [2.24, 2.45) is 5.92 Å². The maximum Gasteiger partial charge on any atom is 0.317 e. The monoisotopic (exact) mass is 336 g/mol. The lowest BCUT2D eigenvalue weighted by atomic mass is 9.99. The molecular weight excluding hydrogens is 312 g/mol. The van der Waals surface area contributed by atoms with E-state index in [0.717, 1.165) is 12.0 Å². The summed E-state index contributed by atoms with van der Waals surface area (Å²) < 4.78 is 10.5. The van der Waals surface area contributed by atoms with E-state index < -0.39 is 11.9 Å². The summed E-state index contributed by atoms with van der Waals surface area (Å²) >= 11 is 0. The van der Waals surface area contributed by atoms with Crippen LogP contribution in [0, 0.1) is 5.92 Å². The van der Waals surface area contributed by atoms with Gasteiger partial charge in [-0.15, -0.1) is 0 Å². The number of likely N-dealkylation sites (tertiary alicyclic amines) is 1. The molecule has 1 fully saturated rings. The van der Waals surface area contributed by atoms with Gasteiger partial charge in [-0.1, -0.05) is 6.07 Å². The molecule has 132 valence electrons. The lowest BCUT2D eigenvalue weighted by molar-refractivity contribution is -0.143. The minimum Gasteiger partial charge on any atom is -0.497 e. The van der Waals surface area contributed by atoms with Crippen LogP contribution in [0.4, 0.5) is 4.79 Å². The number of hydrogen-bond donors (Lipinski definition) is 2. The Hall–Kier alpha value is -2.44. The molecule has 0 saturated carbocycles. The molecule has 7 heteroatoms. The molecule has 0 aromatic heterocycles. The van der Waals surface area contributed by atoms with Crippen LogP contribution in [-0.2, 0) is 11.2 Å². The van der Waals surface area contributed by atoms with Gasteiger partial charge in [-0.25, -0.2) is 4.79 Å². The zero-order valence-electron chi connectivity index (χ0n) is 14.1. The summed E-state index contributed by atoms with van der Waals surface area (Å²) in [4.78, 5) is 24.8. The van der Waals surface area contributed by atoms with Crippen molar-refractivity contribution in [1.82, 2.24) is 10.2 Å². The van der Waals surface area contributed by atoms with E-state index in [-0.39, 0.29) is 12.6 Å². The van der Waals surface area contributed by atoms with Gasteiger partial charge < -0.3 is 24.8 Å². The standard InChI is InChI=1S/C17H24N2O5/c1-23-14-6-5-12(15(10-14)24-2)7-8-18-17(22)19-9-3-4-13(11-19)16(20)21/h5-6,10,13H,3-4,7-9,11H2,1-2H3,(H,18,22)(H,20,21). The highest BCUT2D eigenvalue weighted by Gasteiger charge is 2.27. The van der Waals surface area contributed by atoms with Gasteiger partial charge in [-0.05, 0) is 30.9 Å². The van der Waals surface area contributed by atoms with Gasteiger partial charge in [0.25, 0.3) is 0 Å². The minimum atomic E-state index is -0.838. The van der Waals surface area contributed by atoms with Crippen molar-refractivity contribution in [3.63, 3.8) is 0 Å². The van der Waals surface area contributed by atoms with E-state index in [4.69, 9.17) is 14.6 Å². The zero-order chi connectivity index (χ0) is 17.5. The summed E-state index contributed by atoms with van der Waals surface area (Å²) in [6.07, 6.45) is 1.97. The molecule has 2 rings (SSSR count). The van der Waals surface area contributed by atoms with Gasteiger partial charge in [-0.2, -0.15) is 0 Å². The number of aliphatic carboxylic acids is 1. The van der Waals surface area contributed by atoms with Crippen molar-refractivity contribution >= 4 is 12.0 Å². The summed E-state index contributed by atoms with van der Waals surface area (Å²) in [6, 6.07) is 5.35. The first kappa shape index (κ1) is 17.9. The molecular formula is C17H24N2O5. The molecule has 2 amide bonds.